The van der Waals surface area contributed by atoms with E-state index in [0.717, 1.165) is 25.2 Å². The van der Waals surface area contributed by atoms with Crippen LogP contribution in [0.4, 0.5) is 0 Å². The Morgan fingerprint density at radius 1 is 1.57 bits per heavy atom. The number of rotatable bonds is 6. The summed E-state index contributed by atoms with van der Waals surface area (Å²) in [4.78, 5) is 4.19. The summed E-state index contributed by atoms with van der Waals surface area (Å²) in [5, 5.41) is 7.50. The Bertz CT molecular complexity index is 256. The molecular formula is C10H20N4. The second kappa shape index (κ2) is 5.75. The number of hydrogen-bond donors (Lipinski definition) is 1. The van der Waals surface area contributed by atoms with Crippen LogP contribution in [0.5, 0.6) is 0 Å². The quantitative estimate of drug-likeness (QED) is 0.742. The number of hydrogen-bond acceptors (Lipinski definition) is 3. The summed E-state index contributed by atoms with van der Waals surface area (Å²) in [6.45, 7) is 5.49. The van der Waals surface area contributed by atoms with Crippen molar-refractivity contribution in [2.75, 3.05) is 6.54 Å². The zero-order valence-corrected chi connectivity index (χ0v) is 9.32. The molecule has 1 heterocycles. The number of aromatic nitrogens is 3. The highest BCUT2D eigenvalue weighted by Crippen LogP contribution is 2.00. The van der Waals surface area contributed by atoms with E-state index >= 15 is 0 Å². The molecule has 0 bridgehead atoms. The molecule has 0 fully saturated rings. The minimum atomic E-state index is 0.562. The minimum absolute atomic E-state index is 0.562. The molecule has 80 valence electrons. The SMILES string of the molecule is CCCNC(C)CCc1ncnn1C. The first-order valence-corrected chi connectivity index (χ1v) is 5.30. The van der Waals surface area contributed by atoms with Gasteiger partial charge in [-0.05, 0) is 26.3 Å². The van der Waals surface area contributed by atoms with E-state index in [1.165, 1.54) is 6.42 Å². The largest absolute Gasteiger partial charge is 0.314 e. The van der Waals surface area contributed by atoms with Crippen LogP contribution in [0.1, 0.15) is 32.5 Å². The van der Waals surface area contributed by atoms with Crippen LogP contribution in [0.2, 0.25) is 0 Å². The van der Waals surface area contributed by atoms with Gasteiger partial charge in [-0.3, -0.25) is 4.68 Å². The van der Waals surface area contributed by atoms with E-state index in [-0.39, 0.29) is 0 Å². The number of nitrogens with one attached hydrogen (secondary N) is 1. The Kier molecular flexibility index (Phi) is 4.59. The Hall–Kier alpha value is -0.900. The van der Waals surface area contributed by atoms with Crippen molar-refractivity contribution in [2.45, 2.75) is 39.2 Å². The van der Waals surface area contributed by atoms with Gasteiger partial charge in [0.05, 0.1) is 0 Å². The van der Waals surface area contributed by atoms with Crippen molar-refractivity contribution >= 4 is 0 Å². The minimum Gasteiger partial charge on any atom is -0.314 e. The van der Waals surface area contributed by atoms with Gasteiger partial charge in [-0.15, -0.1) is 0 Å². The van der Waals surface area contributed by atoms with Gasteiger partial charge >= 0.3 is 0 Å². The summed E-state index contributed by atoms with van der Waals surface area (Å²) in [5.41, 5.74) is 0. The highest BCUT2D eigenvalue weighted by Gasteiger charge is 2.04. The van der Waals surface area contributed by atoms with Gasteiger partial charge in [0.2, 0.25) is 0 Å². The van der Waals surface area contributed by atoms with E-state index in [4.69, 9.17) is 0 Å². The van der Waals surface area contributed by atoms with Gasteiger partial charge in [0, 0.05) is 19.5 Å². The van der Waals surface area contributed by atoms with E-state index < -0.39 is 0 Å². The van der Waals surface area contributed by atoms with Crippen molar-refractivity contribution in [1.29, 1.82) is 0 Å². The summed E-state index contributed by atoms with van der Waals surface area (Å²) in [7, 11) is 1.94. The van der Waals surface area contributed by atoms with Crippen LogP contribution in [0.25, 0.3) is 0 Å². The highest BCUT2D eigenvalue weighted by atomic mass is 15.3. The van der Waals surface area contributed by atoms with E-state index in [0.29, 0.717) is 6.04 Å². The second-order valence-corrected chi connectivity index (χ2v) is 3.69. The van der Waals surface area contributed by atoms with Gasteiger partial charge in [-0.25, -0.2) is 4.98 Å². The second-order valence-electron chi connectivity index (χ2n) is 3.69. The summed E-state index contributed by atoms with van der Waals surface area (Å²) >= 11 is 0. The van der Waals surface area contributed by atoms with E-state index in [2.05, 4.69) is 29.2 Å². The monoisotopic (exact) mass is 196 g/mol. The molecule has 0 saturated carbocycles. The maximum atomic E-state index is 4.19. The fourth-order valence-corrected chi connectivity index (χ4v) is 1.38. The Balaban J connectivity index is 2.23. The van der Waals surface area contributed by atoms with Crippen molar-refractivity contribution < 1.29 is 0 Å². The molecule has 0 amide bonds. The molecule has 0 saturated heterocycles. The van der Waals surface area contributed by atoms with Crippen LogP contribution in [0.3, 0.4) is 0 Å². The van der Waals surface area contributed by atoms with Gasteiger partial charge in [-0.1, -0.05) is 6.92 Å². The first-order valence-electron chi connectivity index (χ1n) is 5.30. The lowest BCUT2D eigenvalue weighted by atomic mass is 10.2. The Morgan fingerprint density at radius 3 is 2.93 bits per heavy atom. The molecule has 0 aromatic carbocycles. The molecule has 4 heteroatoms. The lowest BCUT2D eigenvalue weighted by Crippen LogP contribution is -2.27. The predicted octanol–water partition coefficient (Wildman–Crippen LogP) is 1.14. The fourth-order valence-electron chi connectivity index (χ4n) is 1.38. The van der Waals surface area contributed by atoms with Gasteiger partial charge in [0.15, 0.2) is 0 Å². The van der Waals surface area contributed by atoms with Gasteiger partial charge < -0.3 is 5.32 Å². The van der Waals surface area contributed by atoms with Gasteiger partial charge in [-0.2, -0.15) is 5.10 Å². The molecule has 4 nitrogen and oxygen atoms in total. The normalized spacial score (nSPS) is 13.1. The first kappa shape index (κ1) is 11.2. The summed E-state index contributed by atoms with van der Waals surface area (Å²) in [6, 6.07) is 0.562. The molecule has 0 aliphatic carbocycles. The van der Waals surface area contributed by atoms with Crippen LogP contribution in [-0.2, 0) is 13.5 Å². The highest BCUT2D eigenvalue weighted by molar-refractivity contribution is 4.84. The smallest absolute Gasteiger partial charge is 0.138 e. The molecule has 1 N–H and O–H groups in total. The van der Waals surface area contributed by atoms with Gasteiger partial charge in [0.25, 0.3) is 0 Å². The third-order valence-corrected chi connectivity index (χ3v) is 2.35. The molecule has 0 aliphatic rings. The first-order chi connectivity index (χ1) is 6.74. The zero-order valence-electron chi connectivity index (χ0n) is 9.32. The average molecular weight is 196 g/mol. The van der Waals surface area contributed by atoms with Crippen molar-refractivity contribution in [3.05, 3.63) is 12.2 Å². The maximum Gasteiger partial charge on any atom is 0.138 e. The Morgan fingerprint density at radius 2 is 2.36 bits per heavy atom. The molecule has 1 atom stereocenters. The van der Waals surface area contributed by atoms with Crippen LogP contribution in [0, 0.1) is 0 Å². The molecule has 14 heavy (non-hydrogen) atoms. The molecule has 0 aliphatic heterocycles. The molecule has 0 radical (unpaired) electrons. The topological polar surface area (TPSA) is 42.7 Å². The van der Waals surface area contributed by atoms with E-state index in [9.17, 15) is 0 Å². The summed E-state index contributed by atoms with van der Waals surface area (Å²) in [5.74, 6) is 1.06. The molecule has 0 spiro atoms. The lowest BCUT2D eigenvalue weighted by molar-refractivity contribution is 0.502. The van der Waals surface area contributed by atoms with Crippen molar-refractivity contribution in [2.24, 2.45) is 7.05 Å². The third-order valence-electron chi connectivity index (χ3n) is 2.35. The van der Waals surface area contributed by atoms with Crippen LogP contribution in [-0.4, -0.2) is 27.4 Å². The van der Waals surface area contributed by atoms with Crippen LogP contribution < -0.4 is 5.32 Å². The molecule has 1 aromatic heterocycles. The van der Waals surface area contributed by atoms with Crippen molar-refractivity contribution in [3.8, 4) is 0 Å². The third kappa shape index (κ3) is 3.46. The predicted molar refractivity (Wildman–Crippen MR) is 57.1 cm³/mol. The molecule has 1 unspecified atom stereocenters. The molecular weight excluding hydrogens is 176 g/mol. The van der Waals surface area contributed by atoms with Crippen molar-refractivity contribution in [3.63, 3.8) is 0 Å². The number of nitrogens with zero attached hydrogens (tertiary/aromatic N) is 3. The van der Waals surface area contributed by atoms with Gasteiger partial charge in [0.1, 0.15) is 12.2 Å². The molecule has 1 aromatic rings. The molecule has 1 rings (SSSR count). The average Bonchev–Trinajstić information content (AvgIpc) is 2.58. The maximum absolute atomic E-state index is 4.19. The fraction of sp³-hybridized carbons (Fsp3) is 0.800. The lowest BCUT2D eigenvalue weighted by Gasteiger charge is -2.12. The standard InChI is InChI=1S/C10H20N4/c1-4-7-11-9(2)5-6-10-12-8-13-14(10)3/h8-9,11H,4-7H2,1-3H3. The van der Waals surface area contributed by atoms with Crippen molar-refractivity contribution in [1.82, 2.24) is 20.1 Å². The summed E-state index contributed by atoms with van der Waals surface area (Å²) in [6.07, 6.45) is 4.91. The Labute approximate surface area is 85.7 Å². The summed E-state index contributed by atoms with van der Waals surface area (Å²) < 4.78 is 1.84. The van der Waals surface area contributed by atoms with Crippen LogP contribution >= 0.6 is 0 Å². The van der Waals surface area contributed by atoms with E-state index in [1.54, 1.807) is 6.33 Å². The van der Waals surface area contributed by atoms with E-state index in [1.807, 2.05) is 11.7 Å². The zero-order chi connectivity index (χ0) is 10.4. The number of aryl methyl sites for hydroxylation is 2. The van der Waals surface area contributed by atoms with Crippen LogP contribution in [0.15, 0.2) is 6.33 Å².